The van der Waals surface area contributed by atoms with Gasteiger partial charge in [-0.05, 0) is 54.7 Å². The molecule has 33 heavy (non-hydrogen) atoms. The monoisotopic (exact) mass is 454 g/mol. The molecule has 1 unspecified atom stereocenters. The molecule has 2 aromatic carbocycles. The average Bonchev–Trinajstić information content (AvgIpc) is 3.27. The molecule has 1 heterocycles. The van der Waals surface area contributed by atoms with Crippen LogP contribution in [0, 0.1) is 5.82 Å². The molecule has 1 aliphatic heterocycles. The van der Waals surface area contributed by atoms with Gasteiger partial charge < -0.3 is 15.7 Å². The molecule has 0 aromatic heterocycles. The second-order valence-electron chi connectivity index (χ2n) is 8.81. The van der Waals surface area contributed by atoms with E-state index in [0.29, 0.717) is 13.1 Å². The van der Waals surface area contributed by atoms with Gasteiger partial charge in [-0.2, -0.15) is 0 Å². The molecule has 2 amide bonds. The van der Waals surface area contributed by atoms with Crippen LogP contribution in [0.4, 0.5) is 10.1 Å². The number of amides is 2. The Balaban J connectivity index is 1.15. The quantitative estimate of drug-likeness (QED) is 0.565. The Hall–Kier alpha value is -2.81. The lowest BCUT2D eigenvalue weighted by atomic mass is 10.1. The molecule has 0 spiro atoms. The van der Waals surface area contributed by atoms with Crippen molar-refractivity contribution < 1.29 is 19.1 Å². The summed E-state index contributed by atoms with van der Waals surface area (Å²) in [6.45, 7) is 3.71. The van der Waals surface area contributed by atoms with E-state index in [9.17, 15) is 19.1 Å². The molecule has 2 aromatic rings. The number of aliphatic hydroxyl groups excluding tert-OH is 1. The third kappa shape index (κ3) is 6.37. The Bertz CT molecular complexity index is 991. The molecule has 4 rings (SSSR count). The van der Waals surface area contributed by atoms with E-state index in [1.165, 1.54) is 35.7 Å². The second-order valence-corrected chi connectivity index (χ2v) is 8.81. The van der Waals surface area contributed by atoms with Crippen molar-refractivity contribution in [2.24, 2.45) is 0 Å². The van der Waals surface area contributed by atoms with Gasteiger partial charge in [0.1, 0.15) is 5.82 Å². The van der Waals surface area contributed by atoms with Crippen molar-refractivity contribution in [1.82, 2.24) is 15.1 Å². The minimum Gasteiger partial charge on any atom is -0.390 e. The van der Waals surface area contributed by atoms with Crippen LogP contribution in [0.15, 0.2) is 42.5 Å². The van der Waals surface area contributed by atoms with E-state index < -0.39 is 17.8 Å². The number of β-amino-alcohol motifs (C(OH)–C–C–N with tert-alkyl or cyclic N) is 1. The summed E-state index contributed by atoms with van der Waals surface area (Å²) >= 11 is 0. The fraction of sp³-hybridized carbons (Fsp3) is 0.440. The number of benzene rings is 2. The van der Waals surface area contributed by atoms with Crippen molar-refractivity contribution in [1.29, 1.82) is 0 Å². The van der Waals surface area contributed by atoms with Crippen LogP contribution >= 0.6 is 0 Å². The zero-order chi connectivity index (χ0) is 23.2. The molecule has 3 N–H and O–H groups in total. The number of hydrogen-bond donors (Lipinski definition) is 3. The maximum Gasteiger partial charge on any atom is 0.254 e. The first-order chi connectivity index (χ1) is 16.0. The van der Waals surface area contributed by atoms with Gasteiger partial charge in [0.2, 0.25) is 5.91 Å². The van der Waals surface area contributed by atoms with E-state index in [1.54, 1.807) is 6.07 Å². The van der Waals surface area contributed by atoms with E-state index in [0.717, 1.165) is 44.7 Å². The number of piperazine rings is 1. The number of halogens is 1. The maximum absolute atomic E-state index is 13.7. The van der Waals surface area contributed by atoms with Crippen LogP contribution in [0.3, 0.4) is 0 Å². The molecule has 0 radical (unpaired) electrons. The predicted octanol–water partition coefficient (Wildman–Crippen LogP) is 1.66. The number of nitrogens with one attached hydrogen (secondary N) is 2. The van der Waals surface area contributed by atoms with Crippen LogP contribution in [-0.2, 0) is 17.6 Å². The molecule has 176 valence electrons. The van der Waals surface area contributed by atoms with Gasteiger partial charge in [-0.15, -0.1) is 0 Å². The third-order valence-corrected chi connectivity index (χ3v) is 6.30. The zero-order valence-corrected chi connectivity index (χ0v) is 18.7. The van der Waals surface area contributed by atoms with E-state index in [2.05, 4.69) is 32.6 Å². The SMILES string of the molecule is O=C(CN1CCN(CC(O)CNC(=O)c2ccccc2F)CC1)Nc1ccc2c(c1)CCC2. The number of rotatable bonds is 8. The minimum absolute atomic E-state index is 0.0164. The lowest BCUT2D eigenvalue weighted by molar-refractivity contribution is -0.117. The number of fused-ring (bicyclic) bond motifs is 1. The fourth-order valence-electron chi connectivity index (χ4n) is 4.50. The summed E-state index contributed by atoms with van der Waals surface area (Å²) in [5.41, 5.74) is 3.56. The summed E-state index contributed by atoms with van der Waals surface area (Å²) in [4.78, 5) is 28.7. The maximum atomic E-state index is 13.7. The van der Waals surface area contributed by atoms with Gasteiger partial charge in [0.25, 0.3) is 5.91 Å². The molecule has 1 fully saturated rings. The van der Waals surface area contributed by atoms with E-state index in [-0.39, 0.29) is 18.0 Å². The van der Waals surface area contributed by atoms with Gasteiger partial charge >= 0.3 is 0 Å². The van der Waals surface area contributed by atoms with Crippen LogP contribution in [0.1, 0.15) is 27.9 Å². The number of aryl methyl sites for hydroxylation is 2. The lowest BCUT2D eigenvalue weighted by Crippen LogP contribution is -2.51. The van der Waals surface area contributed by atoms with E-state index in [1.807, 2.05) is 6.07 Å². The van der Waals surface area contributed by atoms with Crippen LogP contribution in [-0.4, -0.2) is 78.6 Å². The van der Waals surface area contributed by atoms with Crippen LogP contribution in [0.2, 0.25) is 0 Å². The topological polar surface area (TPSA) is 84.9 Å². The highest BCUT2D eigenvalue weighted by molar-refractivity contribution is 5.94. The Morgan fingerprint density at radius 3 is 2.52 bits per heavy atom. The van der Waals surface area contributed by atoms with Crippen LogP contribution in [0.25, 0.3) is 0 Å². The highest BCUT2D eigenvalue weighted by Gasteiger charge is 2.22. The van der Waals surface area contributed by atoms with Gasteiger partial charge in [-0.25, -0.2) is 4.39 Å². The molecule has 2 aliphatic rings. The van der Waals surface area contributed by atoms with Crippen molar-refractivity contribution in [3.63, 3.8) is 0 Å². The summed E-state index contributed by atoms with van der Waals surface area (Å²) in [5, 5.41) is 15.9. The number of hydrogen-bond acceptors (Lipinski definition) is 5. The number of carbonyl (C=O) groups excluding carboxylic acids is 2. The molecular formula is C25H31FN4O3. The van der Waals surface area contributed by atoms with Gasteiger partial charge in [-0.1, -0.05) is 18.2 Å². The van der Waals surface area contributed by atoms with Gasteiger partial charge in [-0.3, -0.25) is 19.4 Å². The lowest BCUT2D eigenvalue weighted by Gasteiger charge is -2.35. The Kier molecular flexibility index (Phi) is 7.69. The number of aliphatic hydroxyl groups is 1. The summed E-state index contributed by atoms with van der Waals surface area (Å²) in [6, 6.07) is 11.9. The minimum atomic E-state index is -0.754. The molecule has 1 saturated heterocycles. The first-order valence-electron chi connectivity index (χ1n) is 11.5. The van der Waals surface area contributed by atoms with Crippen LogP contribution in [0.5, 0.6) is 0 Å². The molecule has 7 nitrogen and oxygen atoms in total. The number of carbonyl (C=O) groups is 2. The molecule has 8 heteroatoms. The Morgan fingerprint density at radius 1 is 1.00 bits per heavy atom. The zero-order valence-electron chi connectivity index (χ0n) is 18.7. The van der Waals surface area contributed by atoms with Gasteiger partial charge in [0.05, 0.1) is 18.2 Å². The summed E-state index contributed by atoms with van der Waals surface area (Å²) in [7, 11) is 0. The molecule has 0 saturated carbocycles. The van der Waals surface area contributed by atoms with Crippen molar-refractivity contribution in [3.8, 4) is 0 Å². The second kappa shape index (κ2) is 10.9. The van der Waals surface area contributed by atoms with Gasteiger partial charge in [0, 0.05) is 45.0 Å². The van der Waals surface area contributed by atoms with Crippen molar-refractivity contribution >= 4 is 17.5 Å². The first-order valence-corrected chi connectivity index (χ1v) is 11.5. The number of anilines is 1. The van der Waals surface area contributed by atoms with Gasteiger partial charge in [0.15, 0.2) is 0 Å². The average molecular weight is 455 g/mol. The van der Waals surface area contributed by atoms with Crippen molar-refractivity contribution in [2.75, 3.05) is 51.1 Å². The first kappa shape index (κ1) is 23.4. The fourth-order valence-corrected chi connectivity index (χ4v) is 4.50. The largest absolute Gasteiger partial charge is 0.390 e. The van der Waals surface area contributed by atoms with Crippen molar-refractivity contribution in [3.05, 3.63) is 65.0 Å². The Labute approximate surface area is 193 Å². The number of nitrogens with zero attached hydrogens (tertiary/aromatic N) is 2. The molecule has 1 aliphatic carbocycles. The predicted molar refractivity (Wildman–Crippen MR) is 125 cm³/mol. The normalized spacial score (nSPS) is 17.4. The standard InChI is InChI=1S/C25H31FN4O3/c26-23-7-2-1-6-22(23)25(33)27-15-21(31)16-29-10-12-30(13-11-29)17-24(32)28-20-9-8-18-4-3-5-19(18)14-20/h1-2,6-9,14,21,31H,3-5,10-13,15-17H2,(H,27,33)(H,28,32). The molecule has 1 atom stereocenters. The van der Waals surface area contributed by atoms with Crippen LogP contribution < -0.4 is 10.6 Å². The van der Waals surface area contributed by atoms with Crippen molar-refractivity contribution in [2.45, 2.75) is 25.4 Å². The highest BCUT2D eigenvalue weighted by Crippen LogP contribution is 2.24. The summed E-state index contributed by atoms with van der Waals surface area (Å²) in [5.74, 6) is -1.13. The summed E-state index contributed by atoms with van der Waals surface area (Å²) in [6.07, 6.45) is 2.64. The third-order valence-electron chi connectivity index (χ3n) is 6.30. The van der Waals surface area contributed by atoms with E-state index >= 15 is 0 Å². The molecular weight excluding hydrogens is 423 g/mol. The van der Waals surface area contributed by atoms with E-state index in [4.69, 9.17) is 0 Å². The summed E-state index contributed by atoms with van der Waals surface area (Å²) < 4.78 is 13.7. The molecule has 0 bridgehead atoms. The highest BCUT2D eigenvalue weighted by atomic mass is 19.1. The Morgan fingerprint density at radius 2 is 1.73 bits per heavy atom. The smallest absolute Gasteiger partial charge is 0.254 e.